The molecule has 0 aliphatic carbocycles. The second-order valence-electron chi connectivity index (χ2n) is 8.22. The molecule has 0 aromatic heterocycles. The van der Waals surface area contributed by atoms with Crippen LogP contribution in [0.25, 0.3) is 0 Å². The minimum Gasteiger partial charge on any atom is -0.379 e. The van der Waals surface area contributed by atoms with Gasteiger partial charge in [-0.1, -0.05) is 36.8 Å². The van der Waals surface area contributed by atoms with E-state index in [1.807, 2.05) is 30.3 Å². The topological polar surface area (TPSA) is 53.9 Å². The number of benzene rings is 2. The Morgan fingerprint density at radius 3 is 2.77 bits per heavy atom. The van der Waals surface area contributed by atoms with Gasteiger partial charge >= 0.3 is 0 Å². The number of nitrogens with zero attached hydrogens (tertiary/aromatic N) is 2. The molecule has 0 saturated carbocycles. The van der Waals surface area contributed by atoms with E-state index in [1.54, 1.807) is 0 Å². The Morgan fingerprint density at radius 1 is 1.26 bits per heavy atom. The third kappa shape index (κ3) is 4.52. The fourth-order valence-corrected chi connectivity index (χ4v) is 4.59. The third-order valence-electron chi connectivity index (χ3n) is 6.09. The summed E-state index contributed by atoms with van der Waals surface area (Å²) in [6.45, 7) is 3.99. The number of carbonyl (C=O) groups excluding carboxylic acids is 1. The number of halogens is 2. The Morgan fingerprint density at radius 2 is 2.06 bits per heavy atom. The average molecular weight is 427 g/mol. The molecule has 1 N–H and O–H groups in total. The molecule has 0 amide bonds. The summed E-state index contributed by atoms with van der Waals surface area (Å²) in [7, 11) is 0. The first-order chi connectivity index (χ1) is 15.0. The van der Waals surface area contributed by atoms with Crippen molar-refractivity contribution in [3.63, 3.8) is 0 Å². The zero-order valence-corrected chi connectivity index (χ0v) is 17.6. The molecule has 0 bridgehead atoms. The lowest BCUT2D eigenvalue weighted by molar-refractivity contribution is -0.111. The molecule has 2 unspecified atom stereocenters. The Kier molecular flexibility index (Phi) is 6.43. The molecule has 2 aromatic carbocycles. The van der Waals surface area contributed by atoms with Gasteiger partial charge in [0.15, 0.2) is 5.78 Å². The van der Waals surface area contributed by atoms with Gasteiger partial charge in [-0.2, -0.15) is 5.10 Å². The molecule has 1 saturated heterocycles. The summed E-state index contributed by atoms with van der Waals surface area (Å²) in [5.41, 5.74) is 0.687. The van der Waals surface area contributed by atoms with Crippen molar-refractivity contribution in [2.75, 3.05) is 31.3 Å². The third-order valence-corrected chi connectivity index (χ3v) is 6.09. The first kappa shape index (κ1) is 21.6. The summed E-state index contributed by atoms with van der Waals surface area (Å²) >= 11 is 0. The highest BCUT2D eigenvalue weighted by atomic mass is 19.1. The number of Topliss-reactive ketones (excluding diaryl/α,β-unsaturated/α-hetero) is 1. The Bertz CT molecular complexity index is 961. The predicted molar refractivity (Wildman–Crippen MR) is 116 cm³/mol. The minimum atomic E-state index is -0.693. The molecular formula is C24H27F2N3O2. The number of hydrogen-bond donors (Lipinski definition) is 1. The van der Waals surface area contributed by atoms with Crippen molar-refractivity contribution in [2.45, 2.75) is 37.6 Å². The van der Waals surface area contributed by atoms with E-state index in [1.165, 1.54) is 11.9 Å². The quantitative estimate of drug-likeness (QED) is 0.730. The monoisotopic (exact) mass is 427 g/mol. The maximum Gasteiger partial charge on any atom is 0.176 e. The van der Waals surface area contributed by atoms with Crippen LogP contribution in [0.15, 0.2) is 53.6 Å². The highest BCUT2D eigenvalue weighted by molar-refractivity contribution is 6.43. The number of morpholine rings is 1. The second-order valence-corrected chi connectivity index (χ2v) is 8.22. The highest BCUT2D eigenvalue weighted by Crippen LogP contribution is 2.40. The van der Waals surface area contributed by atoms with E-state index >= 15 is 0 Å². The van der Waals surface area contributed by atoms with Gasteiger partial charge in [0.1, 0.15) is 17.3 Å². The van der Waals surface area contributed by atoms with Crippen LogP contribution >= 0.6 is 0 Å². The molecule has 2 aromatic rings. The van der Waals surface area contributed by atoms with Crippen molar-refractivity contribution < 1.29 is 18.3 Å². The Labute approximate surface area is 181 Å². The summed E-state index contributed by atoms with van der Waals surface area (Å²) in [5, 5.41) is 9.40. The van der Waals surface area contributed by atoms with E-state index in [2.05, 4.69) is 10.4 Å². The van der Waals surface area contributed by atoms with Crippen LogP contribution in [-0.2, 0) is 14.9 Å². The van der Waals surface area contributed by atoms with Crippen LogP contribution in [0.5, 0.6) is 0 Å². The van der Waals surface area contributed by atoms with E-state index in [-0.39, 0.29) is 24.1 Å². The van der Waals surface area contributed by atoms with Crippen molar-refractivity contribution >= 4 is 17.2 Å². The summed E-state index contributed by atoms with van der Waals surface area (Å²) in [6, 6.07) is 13.3. The lowest BCUT2D eigenvalue weighted by Gasteiger charge is -2.32. The van der Waals surface area contributed by atoms with Gasteiger partial charge in [-0.25, -0.2) is 8.78 Å². The maximum atomic E-state index is 14.5. The van der Waals surface area contributed by atoms with Crippen LogP contribution in [0.3, 0.4) is 0 Å². The lowest BCUT2D eigenvalue weighted by atomic mass is 9.71. The average Bonchev–Trinajstić information content (AvgIpc) is 3.18. The number of rotatable bonds is 7. The van der Waals surface area contributed by atoms with E-state index in [0.29, 0.717) is 18.7 Å². The summed E-state index contributed by atoms with van der Waals surface area (Å²) in [4.78, 5) is 12.7. The zero-order valence-electron chi connectivity index (χ0n) is 17.6. The lowest BCUT2D eigenvalue weighted by Crippen LogP contribution is -2.43. The van der Waals surface area contributed by atoms with Crippen LogP contribution in [0.1, 0.15) is 31.7 Å². The molecule has 31 heavy (non-hydrogen) atoms. The maximum absolute atomic E-state index is 14.5. The Hall–Kier alpha value is -2.64. The number of hydrogen-bond acceptors (Lipinski definition) is 5. The number of carbonyl (C=O) groups is 1. The SMILES string of the molecule is CC(=O)C1=NN(c2cc(F)ccc2F)CC1(CCCC1COCCN1)c1ccccc1. The van der Waals surface area contributed by atoms with Crippen LogP contribution in [-0.4, -0.2) is 43.8 Å². The van der Waals surface area contributed by atoms with E-state index in [0.717, 1.165) is 49.8 Å². The van der Waals surface area contributed by atoms with Crippen molar-refractivity contribution in [1.82, 2.24) is 5.32 Å². The van der Waals surface area contributed by atoms with Gasteiger partial charge in [-0.15, -0.1) is 0 Å². The smallest absolute Gasteiger partial charge is 0.176 e. The molecule has 1 fully saturated rings. The molecule has 0 spiro atoms. The first-order valence-electron chi connectivity index (χ1n) is 10.7. The van der Waals surface area contributed by atoms with Crippen molar-refractivity contribution in [3.05, 3.63) is 65.7 Å². The van der Waals surface area contributed by atoms with Crippen LogP contribution in [0.4, 0.5) is 14.5 Å². The van der Waals surface area contributed by atoms with Crippen LogP contribution in [0.2, 0.25) is 0 Å². The highest BCUT2D eigenvalue weighted by Gasteiger charge is 2.46. The molecule has 4 rings (SSSR count). The number of ether oxygens (including phenoxy) is 1. The molecule has 2 aliphatic heterocycles. The van der Waals surface area contributed by atoms with Gasteiger partial charge in [0.25, 0.3) is 0 Å². The summed E-state index contributed by atoms with van der Waals surface area (Å²) in [6.07, 6.45) is 2.40. The van der Waals surface area contributed by atoms with Crippen molar-refractivity contribution in [3.8, 4) is 0 Å². The summed E-state index contributed by atoms with van der Waals surface area (Å²) in [5.74, 6) is -1.28. The van der Waals surface area contributed by atoms with Crippen molar-refractivity contribution in [2.24, 2.45) is 5.10 Å². The van der Waals surface area contributed by atoms with Gasteiger partial charge < -0.3 is 10.1 Å². The van der Waals surface area contributed by atoms with E-state index in [4.69, 9.17) is 4.74 Å². The zero-order chi connectivity index (χ0) is 21.8. The largest absolute Gasteiger partial charge is 0.379 e. The summed E-state index contributed by atoms with van der Waals surface area (Å²) < 4.78 is 33.9. The van der Waals surface area contributed by atoms with Crippen molar-refractivity contribution in [1.29, 1.82) is 0 Å². The normalized spacial score (nSPS) is 23.6. The predicted octanol–water partition coefficient (Wildman–Crippen LogP) is 3.83. The van der Waals surface area contributed by atoms with Crippen LogP contribution < -0.4 is 10.3 Å². The second kappa shape index (κ2) is 9.24. The fourth-order valence-electron chi connectivity index (χ4n) is 4.59. The number of hydrazone groups is 1. The first-order valence-corrected chi connectivity index (χ1v) is 10.7. The molecule has 2 aliphatic rings. The Balaban J connectivity index is 1.66. The van der Waals surface area contributed by atoms with Gasteiger partial charge in [-0.3, -0.25) is 9.80 Å². The number of anilines is 1. The molecule has 0 radical (unpaired) electrons. The molecular weight excluding hydrogens is 400 g/mol. The molecule has 5 nitrogen and oxygen atoms in total. The van der Waals surface area contributed by atoms with Gasteiger partial charge in [0, 0.05) is 25.6 Å². The minimum absolute atomic E-state index is 0.0407. The van der Waals surface area contributed by atoms with Gasteiger partial charge in [0.05, 0.1) is 30.9 Å². The molecule has 2 heterocycles. The molecule has 2 atom stereocenters. The molecule has 164 valence electrons. The standard InChI is InChI=1S/C24H27F2N3O2/c1-17(30)23-24(18-6-3-2-4-7-18,11-5-8-20-15-31-13-12-27-20)16-29(28-23)22-14-19(25)9-10-21(22)26/h2-4,6-7,9-10,14,20,27H,5,8,11-13,15-16H2,1H3. The van der Waals surface area contributed by atoms with E-state index < -0.39 is 17.0 Å². The van der Waals surface area contributed by atoms with E-state index in [9.17, 15) is 13.6 Å². The van der Waals surface area contributed by atoms with Gasteiger partial charge in [0.2, 0.25) is 0 Å². The van der Waals surface area contributed by atoms with Crippen LogP contribution in [0, 0.1) is 11.6 Å². The fraction of sp³-hybridized carbons (Fsp3) is 0.417. The number of ketones is 1. The van der Waals surface area contributed by atoms with Gasteiger partial charge in [-0.05, 0) is 30.5 Å². The number of nitrogens with one attached hydrogen (secondary N) is 1. The molecule has 7 heteroatoms.